The third-order valence-corrected chi connectivity index (χ3v) is 3.11. The van der Waals surface area contributed by atoms with Gasteiger partial charge < -0.3 is 11.1 Å². The van der Waals surface area contributed by atoms with E-state index in [-0.39, 0.29) is 11.4 Å². The molecule has 3 N–H and O–H groups in total. The second kappa shape index (κ2) is 5.35. The molecule has 0 aromatic heterocycles. The van der Waals surface area contributed by atoms with Crippen LogP contribution in [0.4, 0.5) is 0 Å². The van der Waals surface area contributed by atoms with Gasteiger partial charge in [-0.3, -0.25) is 4.79 Å². The number of unbranched alkanes of at least 4 members (excludes halogenated alkanes) is 2. The number of nitrogens with one attached hydrogen (secondary N) is 1. The Kier molecular flexibility index (Phi) is 4.39. The highest BCUT2D eigenvalue weighted by Gasteiger charge is 2.36. The Labute approximate surface area is 86.4 Å². The molecule has 0 bridgehead atoms. The molecule has 1 aliphatic carbocycles. The molecular formula is C11H22N2O. The smallest absolute Gasteiger partial charge is 0.220 e. The summed E-state index contributed by atoms with van der Waals surface area (Å²) in [5.41, 5.74) is 5.62. The zero-order valence-corrected chi connectivity index (χ0v) is 9.14. The topological polar surface area (TPSA) is 55.1 Å². The van der Waals surface area contributed by atoms with Crippen molar-refractivity contribution in [2.24, 2.45) is 5.73 Å². The number of carbonyl (C=O) groups is 1. The van der Waals surface area contributed by atoms with Crippen molar-refractivity contribution in [1.82, 2.24) is 5.32 Å². The SMILES string of the molecule is CCCCCC(=O)NC1(CN)CCC1. The molecule has 0 heterocycles. The first kappa shape index (κ1) is 11.5. The lowest BCUT2D eigenvalue weighted by molar-refractivity contribution is -0.124. The fraction of sp³-hybridized carbons (Fsp3) is 0.909. The largest absolute Gasteiger partial charge is 0.349 e. The molecule has 1 aliphatic rings. The maximum atomic E-state index is 11.5. The van der Waals surface area contributed by atoms with Gasteiger partial charge in [0, 0.05) is 13.0 Å². The van der Waals surface area contributed by atoms with Gasteiger partial charge in [0.2, 0.25) is 5.91 Å². The molecule has 0 unspecified atom stereocenters. The lowest BCUT2D eigenvalue weighted by Gasteiger charge is -2.41. The Hall–Kier alpha value is -0.570. The summed E-state index contributed by atoms with van der Waals surface area (Å²) in [6, 6.07) is 0. The highest BCUT2D eigenvalue weighted by molar-refractivity contribution is 5.76. The molecule has 0 radical (unpaired) electrons. The van der Waals surface area contributed by atoms with Crippen molar-refractivity contribution in [2.75, 3.05) is 6.54 Å². The highest BCUT2D eigenvalue weighted by atomic mass is 16.1. The van der Waals surface area contributed by atoms with Crippen LogP contribution in [-0.4, -0.2) is 18.0 Å². The van der Waals surface area contributed by atoms with Crippen molar-refractivity contribution < 1.29 is 4.79 Å². The summed E-state index contributed by atoms with van der Waals surface area (Å²) in [4.78, 5) is 11.5. The molecule has 3 nitrogen and oxygen atoms in total. The number of carbonyl (C=O) groups excluding carboxylic acids is 1. The van der Waals surface area contributed by atoms with Gasteiger partial charge in [-0.2, -0.15) is 0 Å². The third kappa shape index (κ3) is 2.98. The van der Waals surface area contributed by atoms with Crippen LogP contribution >= 0.6 is 0 Å². The molecule has 0 spiro atoms. The van der Waals surface area contributed by atoms with Crippen molar-refractivity contribution in [3.05, 3.63) is 0 Å². The molecule has 14 heavy (non-hydrogen) atoms. The molecule has 82 valence electrons. The number of nitrogens with two attached hydrogens (primary N) is 1. The van der Waals surface area contributed by atoms with E-state index in [1.807, 2.05) is 0 Å². The van der Waals surface area contributed by atoms with Crippen molar-refractivity contribution in [2.45, 2.75) is 57.4 Å². The van der Waals surface area contributed by atoms with Crippen molar-refractivity contribution >= 4 is 5.91 Å². The quantitative estimate of drug-likeness (QED) is 0.636. The molecule has 1 rings (SSSR count). The van der Waals surface area contributed by atoms with Crippen molar-refractivity contribution in [3.8, 4) is 0 Å². The molecule has 0 aromatic rings. The average molecular weight is 198 g/mol. The highest BCUT2D eigenvalue weighted by Crippen LogP contribution is 2.30. The molecule has 1 amide bonds. The molecular weight excluding hydrogens is 176 g/mol. The first-order valence-corrected chi connectivity index (χ1v) is 5.73. The van der Waals surface area contributed by atoms with Gasteiger partial charge in [0.05, 0.1) is 5.54 Å². The van der Waals surface area contributed by atoms with E-state index >= 15 is 0 Å². The minimum atomic E-state index is -0.0384. The maximum absolute atomic E-state index is 11.5. The Morgan fingerprint density at radius 1 is 1.43 bits per heavy atom. The lowest BCUT2D eigenvalue weighted by Crippen LogP contribution is -2.58. The number of hydrogen-bond acceptors (Lipinski definition) is 2. The molecule has 0 saturated heterocycles. The summed E-state index contributed by atoms with van der Waals surface area (Å²) in [5, 5.41) is 3.07. The summed E-state index contributed by atoms with van der Waals surface area (Å²) < 4.78 is 0. The van der Waals surface area contributed by atoms with Crippen LogP contribution in [0, 0.1) is 0 Å². The first-order chi connectivity index (χ1) is 6.72. The molecule has 0 atom stereocenters. The monoisotopic (exact) mass is 198 g/mol. The van der Waals surface area contributed by atoms with Crippen LogP contribution in [0.2, 0.25) is 0 Å². The predicted octanol–water partition coefficient (Wildman–Crippen LogP) is 1.56. The molecule has 0 aliphatic heterocycles. The minimum Gasteiger partial charge on any atom is -0.349 e. The number of hydrogen-bond donors (Lipinski definition) is 2. The molecule has 0 aromatic carbocycles. The summed E-state index contributed by atoms with van der Waals surface area (Å²) in [6.07, 6.45) is 7.29. The van der Waals surface area contributed by atoms with Crippen LogP contribution in [0.15, 0.2) is 0 Å². The average Bonchev–Trinajstić information content (AvgIpc) is 2.12. The first-order valence-electron chi connectivity index (χ1n) is 5.73. The van der Waals surface area contributed by atoms with E-state index in [0.29, 0.717) is 13.0 Å². The minimum absolute atomic E-state index is 0.0384. The van der Waals surface area contributed by atoms with E-state index in [0.717, 1.165) is 32.1 Å². The van der Waals surface area contributed by atoms with Crippen LogP contribution in [0.1, 0.15) is 51.9 Å². The van der Waals surface area contributed by atoms with Gasteiger partial charge in [0.15, 0.2) is 0 Å². The Morgan fingerprint density at radius 2 is 2.14 bits per heavy atom. The third-order valence-electron chi connectivity index (χ3n) is 3.11. The molecule has 3 heteroatoms. The van der Waals surface area contributed by atoms with Crippen LogP contribution in [0.25, 0.3) is 0 Å². The molecule has 1 saturated carbocycles. The van der Waals surface area contributed by atoms with Crippen LogP contribution in [-0.2, 0) is 4.79 Å². The summed E-state index contributed by atoms with van der Waals surface area (Å²) >= 11 is 0. The Balaban J connectivity index is 2.18. The van der Waals surface area contributed by atoms with Gasteiger partial charge in [0.25, 0.3) is 0 Å². The lowest BCUT2D eigenvalue weighted by atomic mass is 9.76. The Morgan fingerprint density at radius 3 is 2.57 bits per heavy atom. The standard InChI is InChI=1S/C11H22N2O/c1-2-3-4-6-10(14)13-11(9-12)7-5-8-11/h2-9,12H2,1H3,(H,13,14). The predicted molar refractivity (Wildman–Crippen MR) is 57.9 cm³/mol. The Bertz CT molecular complexity index is 182. The van der Waals surface area contributed by atoms with Gasteiger partial charge in [-0.1, -0.05) is 19.8 Å². The van der Waals surface area contributed by atoms with E-state index < -0.39 is 0 Å². The van der Waals surface area contributed by atoms with E-state index in [1.54, 1.807) is 0 Å². The van der Waals surface area contributed by atoms with Gasteiger partial charge in [-0.15, -0.1) is 0 Å². The van der Waals surface area contributed by atoms with Gasteiger partial charge in [0.1, 0.15) is 0 Å². The van der Waals surface area contributed by atoms with E-state index in [2.05, 4.69) is 12.2 Å². The fourth-order valence-corrected chi connectivity index (χ4v) is 1.88. The second-order valence-corrected chi connectivity index (χ2v) is 4.34. The van der Waals surface area contributed by atoms with E-state index in [1.165, 1.54) is 6.42 Å². The zero-order chi connectivity index (χ0) is 10.4. The van der Waals surface area contributed by atoms with Crippen LogP contribution < -0.4 is 11.1 Å². The van der Waals surface area contributed by atoms with Gasteiger partial charge >= 0.3 is 0 Å². The van der Waals surface area contributed by atoms with E-state index in [9.17, 15) is 4.79 Å². The number of amides is 1. The summed E-state index contributed by atoms with van der Waals surface area (Å²) in [7, 11) is 0. The number of rotatable bonds is 6. The normalized spacial score (nSPS) is 18.7. The summed E-state index contributed by atoms with van der Waals surface area (Å²) in [6.45, 7) is 2.73. The van der Waals surface area contributed by atoms with Gasteiger partial charge in [-0.05, 0) is 25.7 Å². The second-order valence-electron chi connectivity index (χ2n) is 4.34. The van der Waals surface area contributed by atoms with E-state index in [4.69, 9.17) is 5.73 Å². The van der Waals surface area contributed by atoms with Crippen LogP contribution in [0.5, 0.6) is 0 Å². The van der Waals surface area contributed by atoms with Crippen molar-refractivity contribution in [1.29, 1.82) is 0 Å². The fourth-order valence-electron chi connectivity index (χ4n) is 1.88. The van der Waals surface area contributed by atoms with Crippen molar-refractivity contribution in [3.63, 3.8) is 0 Å². The molecule has 1 fully saturated rings. The van der Waals surface area contributed by atoms with Gasteiger partial charge in [-0.25, -0.2) is 0 Å². The van der Waals surface area contributed by atoms with Crippen LogP contribution in [0.3, 0.4) is 0 Å². The maximum Gasteiger partial charge on any atom is 0.220 e. The zero-order valence-electron chi connectivity index (χ0n) is 9.14. The summed E-state index contributed by atoms with van der Waals surface area (Å²) in [5.74, 6) is 0.184.